The highest BCUT2D eigenvalue weighted by Crippen LogP contribution is 2.19. The predicted molar refractivity (Wildman–Crippen MR) is 130 cm³/mol. The first-order valence-electron chi connectivity index (χ1n) is 12.2. The molecule has 1 heterocycles. The minimum Gasteiger partial charge on any atom is -0.343 e. The molecule has 7 heteroatoms. The summed E-state index contributed by atoms with van der Waals surface area (Å²) in [6.45, 7) is 15.9. The lowest BCUT2D eigenvalue weighted by Gasteiger charge is -2.36. The first kappa shape index (κ1) is 28.1. The van der Waals surface area contributed by atoms with E-state index in [0.717, 1.165) is 25.8 Å². The number of hydrogen-bond acceptors (Lipinski definition) is 4. The van der Waals surface area contributed by atoms with Gasteiger partial charge in [0.25, 0.3) is 0 Å². The van der Waals surface area contributed by atoms with Crippen molar-refractivity contribution in [3.8, 4) is 0 Å². The molecular weight excluding hydrogens is 404 g/mol. The van der Waals surface area contributed by atoms with Crippen LogP contribution in [0.1, 0.15) is 67.7 Å². The van der Waals surface area contributed by atoms with E-state index in [2.05, 4.69) is 10.2 Å². The fourth-order valence-electron chi connectivity index (χ4n) is 4.37. The van der Waals surface area contributed by atoms with Crippen molar-refractivity contribution in [1.29, 1.82) is 0 Å². The van der Waals surface area contributed by atoms with Gasteiger partial charge in [-0.2, -0.15) is 0 Å². The van der Waals surface area contributed by atoms with E-state index in [1.165, 1.54) is 0 Å². The Balaban J connectivity index is 3.05. The SMILES string of the molecule is CCN(CC)C(=O)/C(C)=C/[C@H](C(C)C)N(C)C(=O)C(NC(=O)C1CCCCN1C)C(C)C. The molecule has 0 radical (unpaired) electrons. The second-order valence-corrected chi connectivity index (χ2v) is 9.73. The van der Waals surface area contributed by atoms with E-state index in [9.17, 15) is 14.4 Å². The second kappa shape index (κ2) is 13.0. The molecule has 0 aromatic heterocycles. The fourth-order valence-corrected chi connectivity index (χ4v) is 4.37. The molecule has 0 spiro atoms. The molecule has 1 aliphatic heterocycles. The zero-order valence-electron chi connectivity index (χ0n) is 21.8. The van der Waals surface area contributed by atoms with E-state index < -0.39 is 6.04 Å². The minimum atomic E-state index is -0.601. The molecule has 3 atom stereocenters. The molecule has 0 aromatic rings. The van der Waals surface area contributed by atoms with Gasteiger partial charge in [0.05, 0.1) is 12.1 Å². The highest BCUT2D eigenvalue weighted by Gasteiger charge is 2.34. The maximum Gasteiger partial charge on any atom is 0.249 e. The lowest BCUT2D eigenvalue weighted by atomic mass is 9.96. The van der Waals surface area contributed by atoms with Gasteiger partial charge in [0.15, 0.2) is 0 Å². The van der Waals surface area contributed by atoms with Crippen molar-refractivity contribution in [1.82, 2.24) is 20.0 Å². The summed E-state index contributed by atoms with van der Waals surface area (Å²) in [5, 5.41) is 3.04. The maximum absolute atomic E-state index is 13.5. The van der Waals surface area contributed by atoms with Crippen LogP contribution in [-0.4, -0.2) is 84.3 Å². The number of likely N-dealkylation sites (tertiary alicyclic amines) is 1. The lowest BCUT2D eigenvalue weighted by Crippen LogP contribution is -2.57. The van der Waals surface area contributed by atoms with E-state index in [-0.39, 0.29) is 41.6 Å². The van der Waals surface area contributed by atoms with Crippen LogP contribution in [-0.2, 0) is 14.4 Å². The lowest BCUT2D eigenvalue weighted by molar-refractivity contribution is -0.139. The molecule has 1 aliphatic rings. The van der Waals surface area contributed by atoms with Crippen LogP contribution in [0.4, 0.5) is 0 Å². The van der Waals surface area contributed by atoms with Gasteiger partial charge in [0.2, 0.25) is 17.7 Å². The smallest absolute Gasteiger partial charge is 0.249 e. The summed E-state index contributed by atoms with van der Waals surface area (Å²) in [7, 11) is 3.74. The van der Waals surface area contributed by atoms with Crippen LogP contribution in [0, 0.1) is 11.8 Å². The molecule has 184 valence electrons. The summed E-state index contributed by atoms with van der Waals surface area (Å²) in [4.78, 5) is 44.8. The number of amides is 3. The predicted octanol–water partition coefficient (Wildman–Crippen LogP) is 2.91. The van der Waals surface area contributed by atoms with E-state index in [1.54, 1.807) is 16.8 Å². The number of nitrogens with zero attached hydrogens (tertiary/aromatic N) is 3. The molecule has 7 nitrogen and oxygen atoms in total. The molecule has 1 saturated heterocycles. The van der Waals surface area contributed by atoms with Crippen molar-refractivity contribution in [3.63, 3.8) is 0 Å². The summed E-state index contributed by atoms with van der Waals surface area (Å²) >= 11 is 0. The molecule has 2 unspecified atom stereocenters. The third kappa shape index (κ3) is 7.32. The van der Waals surface area contributed by atoms with Crippen LogP contribution in [0.5, 0.6) is 0 Å². The van der Waals surface area contributed by atoms with Crippen molar-refractivity contribution < 1.29 is 14.4 Å². The minimum absolute atomic E-state index is 0.00412. The van der Waals surface area contributed by atoms with Crippen molar-refractivity contribution in [2.24, 2.45) is 11.8 Å². The monoisotopic (exact) mass is 450 g/mol. The zero-order chi connectivity index (χ0) is 24.6. The van der Waals surface area contributed by atoms with E-state index in [0.29, 0.717) is 18.7 Å². The Morgan fingerprint density at radius 2 is 1.66 bits per heavy atom. The molecule has 0 aliphatic carbocycles. The molecular formula is C25H46N4O3. The topological polar surface area (TPSA) is 73.0 Å². The molecule has 0 aromatic carbocycles. The zero-order valence-corrected chi connectivity index (χ0v) is 21.8. The number of carbonyl (C=O) groups excluding carboxylic acids is 3. The first-order chi connectivity index (χ1) is 15.0. The average molecular weight is 451 g/mol. The summed E-state index contributed by atoms with van der Waals surface area (Å²) in [6, 6.07) is -1.02. The van der Waals surface area contributed by atoms with Crippen LogP contribution >= 0.6 is 0 Å². The van der Waals surface area contributed by atoms with Gasteiger partial charge in [0.1, 0.15) is 6.04 Å². The van der Waals surface area contributed by atoms with Gasteiger partial charge in [-0.1, -0.05) is 40.2 Å². The Morgan fingerprint density at radius 1 is 1.06 bits per heavy atom. The molecule has 0 bridgehead atoms. The van der Waals surface area contributed by atoms with E-state index in [1.807, 2.05) is 61.6 Å². The van der Waals surface area contributed by atoms with Crippen molar-refractivity contribution >= 4 is 17.7 Å². The number of rotatable bonds is 10. The Labute approximate surface area is 195 Å². The van der Waals surface area contributed by atoms with Gasteiger partial charge < -0.3 is 15.1 Å². The summed E-state index contributed by atoms with van der Waals surface area (Å²) in [5.41, 5.74) is 0.640. The number of nitrogens with one attached hydrogen (secondary N) is 1. The van der Waals surface area contributed by atoms with Crippen molar-refractivity contribution in [2.45, 2.75) is 85.9 Å². The van der Waals surface area contributed by atoms with Crippen LogP contribution in [0.15, 0.2) is 11.6 Å². The van der Waals surface area contributed by atoms with Crippen molar-refractivity contribution in [3.05, 3.63) is 11.6 Å². The molecule has 32 heavy (non-hydrogen) atoms. The van der Waals surface area contributed by atoms with Gasteiger partial charge in [0, 0.05) is 25.7 Å². The van der Waals surface area contributed by atoms with Crippen molar-refractivity contribution in [2.75, 3.05) is 33.7 Å². The van der Waals surface area contributed by atoms with Gasteiger partial charge in [-0.3, -0.25) is 19.3 Å². The fraction of sp³-hybridized carbons (Fsp3) is 0.800. The van der Waals surface area contributed by atoms with Gasteiger partial charge in [-0.05, 0) is 59.0 Å². The molecule has 1 N–H and O–H groups in total. The Hall–Kier alpha value is -1.89. The molecule has 1 rings (SSSR count). The van der Waals surface area contributed by atoms with E-state index in [4.69, 9.17) is 0 Å². The van der Waals surface area contributed by atoms with E-state index >= 15 is 0 Å². The van der Waals surface area contributed by atoms with Crippen LogP contribution in [0.2, 0.25) is 0 Å². The van der Waals surface area contributed by atoms with Crippen LogP contribution in [0.25, 0.3) is 0 Å². The third-order valence-corrected chi connectivity index (χ3v) is 6.59. The highest BCUT2D eigenvalue weighted by molar-refractivity contribution is 5.93. The Bertz CT molecular complexity index is 670. The number of hydrogen-bond donors (Lipinski definition) is 1. The van der Waals surface area contributed by atoms with Crippen LogP contribution in [0.3, 0.4) is 0 Å². The number of likely N-dealkylation sites (N-methyl/N-ethyl adjacent to an activating group) is 3. The van der Waals surface area contributed by atoms with Crippen LogP contribution < -0.4 is 5.32 Å². The normalized spacial score (nSPS) is 19.6. The second-order valence-electron chi connectivity index (χ2n) is 9.73. The Kier molecular flexibility index (Phi) is 11.4. The molecule has 0 saturated carbocycles. The third-order valence-electron chi connectivity index (χ3n) is 6.59. The standard InChI is InChI=1S/C25H46N4O3/c1-10-29(11-2)24(31)19(7)16-21(17(3)4)28(9)25(32)22(18(5)6)26-23(30)20-14-12-13-15-27(20)8/h16-18,20-22H,10-15H2,1-9H3,(H,26,30)/b19-16+/t20?,21-,22?/m1/s1. The Morgan fingerprint density at radius 3 is 2.12 bits per heavy atom. The van der Waals surface area contributed by atoms with Gasteiger partial charge in [-0.15, -0.1) is 0 Å². The highest BCUT2D eigenvalue weighted by atomic mass is 16.2. The van der Waals surface area contributed by atoms with Gasteiger partial charge in [-0.25, -0.2) is 0 Å². The summed E-state index contributed by atoms with van der Waals surface area (Å²) < 4.78 is 0. The maximum atomic E-state index is 13.5. The molecule has 3 amide bonds. The van der Waals surface area contributed by atoms with Gasteiger partial charge >= 0.3 is 0 Å². The molecule has 1 fully saturated rings. The summed E-state index contributed by atoms with van der Waals surface area (Å²) in [6.07, 6.45) is 4.85. The first-order valence-corrected chi connectivity index (χ1v) is 12.2. The average Bonchev–Trinajstić information content (AvgIpc) is 2.75. The number of piperidine rings is 1. The number of carbonyl (C=O) groups is 3. The summed E-state index contributed by atoms with van der Waals surface area (Å²) in [5.74, 6) is -0.119. The largest absolute Gasteiger partial charge is 0.343 e. The quantitative estimate of drug-likeness (QED) is 0.520.